The fourth-order valence-corrected chi connectivity index (χ4v) is 2.98. The Morgan fingerprint density at radius 2 is 2.10 bits per heavy atom. The zero-order chi connectivity index (χ0) is 14.8. The van der Waals surface area contributed by atoms with Crippen molar-refractivity contribution in [1.82, 2.24) is 0 Å². The van der Waals surface area contributed by atoms with Gasteiger partial charge in [-0.3, -0.25) is 4.79 Å². The van der Waals surface area contributed by atoms with Gasteiger partial charge in [-0.2, -0.15) is 0 Å². The lowest BCUT2D eigenvalue weighted by molar-refractivity contribution is -0.144. The number of nitrogens with one attached hydrogen (secondary N) is 1. The Labute approximate surface area is 118 Å². The first kappa shape index (κ1) is 14.4. The quantitative estimate of drug-likeness (QED) is 0.786. The number of hydrogen-bond acceptors (Lipinski definition) is 3. The van der Waals surface area contributed by atoms with Crippen molar-refractivity contribution in [3.63, 3.8) is 0 Å². The van der Waals surface area contributed by atoms with Gasteiger partial charge in [-0.05, 0) is 30.9 Å². The van der Waals surface area contributed by atoms with E-state index in [0.717, 1.165) is 12.8 Å². The molecule has 0 heterocycles. The van der Waals surface area contributed by atoms with Gasteiger partial charge in [0.25, 0.3) is 5.91 Å². The van der Waals surface area contributed by atoms with Gasteiger partial charge in [-0.1, -0.05) is 31.9 Å². The Balaban J connectivity index is 2.34. The number of carboxylic acid groups (broad SMARTS) is 1. The van der Waals surface area contributed by atoms with Crippen LogP contribution in [0.15, 0.2) is 24.3 Å². The summed E-state index contributed by atoms with van der Waals surface area (Å²) in [5.74, 6) is -1.09. The van der Waals surface area contributed by atoms with Gasteiger partial charge in [0, 0.05) is 5.69 Å². The molecule has 1 aromatic carbocycles. The van der Waals surface area contributed by atoms with E-state index in [9.17, 15) is 14.7 Å². The summed E-state index contributed by atoms with van der Waals surface area (Å²) < 4.78 is 0. The van der Waals surface area contributed by atoms with Gasteiger partial charge in [-0.25, -0.2) is 4.79 Å². The van der Waals surface area contributed by atoms with E-state index in [1.165, 1.54) is 0 Å². The number of primary amides is 1. The number of carbonyl (C=O) groups excluding carboxylic acids is 1. The number of benzene rings is 1. The number of rotatable bonds is 4. The Morgan fingerprint density at radius 1 is 1.40 bits per heavy atom. The number of aliphatic carboxylic acids is 1. The fraction of sp³-hybridized carbons (Fsp3) is 0.467. The first-order valence-electron chi connectivity index (χ1n) is 6.85. The van der Waals surface area contributed by atoms with E-state index >= 15 is 0 Å². The van der Waals surface area contributed by atoms with Crippen molar-refractivity contribution in [3.05, 3.63) is 29.8 Å². The number of para-hydroxylation sites is 1. The van der Waals surface area contributed by atoms with E-state index in [0.29, 0.717) is 30.0 Å². The largest absolute Gasteiger partial charge is 0.480 e. The first-order valence-corrected chi connectivity index (χ1v) is 6.85. The Morgan fingerprint density at radius 3 is 2.70 bits per heavy atom. The smallest absolute Gasteiger partial charge is 0.329 e. The summed E-state index contributed by atoms with van der Waals surface area (Å²) in [4.78, 5) is 23.2. The summed E-state index contributed by atoms with van der Waals surface area (Å²) >= 11 is 0. The van der Waals surface area contributed by atoms with Gasteiger partial charge >= 0.3 is 5.97 Å². The number of amides is 1. The standard InChI is InChI=1S/C15H20N2O3/c1-10-5-4-8-15(9-10,14(19)20)17-12-7-3-2-6-11(12)13(16)18/h2-3,6-7,10,17H,4-5,8-9H2,1H3,(H2,16,18)(H,19,20). The highest BCUT2D eigenvalue weighted by Crippen LogP contribution is 2.36. The molecule has 5 nitrogen and oxygen atoms in total. The summed E-state index contributed by atoms with van der Waals surface area (Å²) in [5.41, 5.74) is 5.15. The molecule has 2 rings (SSSR count). The molecule has 2 unspecified atom stereocenters. The molecule has 1 aromatic rings. The van der Waals surface area contributed by atoms with Crippen LogP contribution in [0.2, 0.25) is 0 Å². The highest BCUT2D eigenvalue weighted by atomic mass is 16.4. The van der Waals surface area contributed by atoms with E-state index in [1.807, 2.05) is 0 Å². The zero-order valence-corrected chi connectivity index (χ0v) is 11.6. The predicted octanol–water partition coefficient (Wildman–Crippen LogP) is 2.23. The third-order valence-corrected chi connectivity index (χ3v) is 3.97. The normalized spacial score (nSPS) is 25.9. The minimum absolute atomic E-state index is 0.325. The van der Waals surface area contributed by atoms with Crippen molar-refractivity contribution in [3.8, 4) is 0 Å². The number of hydrogen-bond donors (Lipinski definition) is 3. The average molecular weight is 276 g/mol. The van der Waals surface area contributed by atoms with E-state index < -0.39 is 17.4 Å². The van der Waals surface area contributed by atoms with Crippen LogP contribution in [0.3, 0.4) is 0 Å². The van der Waals surface area contributed by atoms with Crippen molar-refractivity contribution in [2.24, 2.45) is 11.7 Å². The highest BCUT2D eigenvalue weighted by molar-refractivity contribution is 5.99. The third-order valence-electron chi connectivity index (χ3n) is 3.97. The van der Waals surface area contributed by atoms with Gasteiger partial charge in [0.15, 0.2) is 0 Å². The van der Waals surface area contributed by atoms with Crippen LogP contribution in [0.25, 0.3) is 0 Å². The topological polar surface area (TPSA) is 92.4 Å². The molecule has 0 aromatic heterocycles. The summed E-state index contributed by atoms with van der Waals surface area (Å²) in [6, 6.07) is 6.77. The number of anilines is 1. The number of nitrogens with two attached hydrogens (primary N) is 1. The van der Waals surface area contributed by atoms with Crippen molar-refractivity contribution in [1.29, 1.82) is 0 Å². The lowest BCUT2D eigenvalue weighted by Crippen LogP contribution is -2.49. The number of carboxylic acids is 1. The second kappa shape index (κ2) is 5.53. The van der Waals surface area contributed by atoms with Crippen LogP contribution in [-0.2, 0) is 4.79 Å². The summed E-state index contributed by atoms with van der Waals surface area (Å²) in [7, 11) is 0. The highest BCUT2D eigenvalue weighted by Gasteiger charge is 2.42. The molecule has 0 aliphatic heterocycles. The molecule has 1 amide bonds. The van der Waals surface area contributed by atoms with Crippen molar-refractivity contribution < 1.29 is 14.7 Å². The maximum absolute atomic E-state index is 11.7. The van der Waals surface area contributed by atoms with Gasteiger partial charge < -0.3 is 16.2 Å². The van der Waals surface area contributed by atoms with Crippen LogP contribution in [0.4, 0.5) is 5.69 Å². The van der Waals surface area contributed by atoms with Gasteiger partial charge in [0.2, 0.25) is 0 Å². The maximum Gasteiger partial charge on any atom is 0.329 e. The molecule has 4 N–H and O–H groups in total. The van der Waals surface area contributed by atoms with Crippen molar-refractivity contribution in [2.75, 3.05) is 5.32 Å². The van der Waals surface area contributed by atoms with Crippen LogP contribution in [-0.4, -0.2) is 22.5 Å². The summed E-state index contributed by atoms with van der Waals surface area (Å²) in [5, 5.41) is 12.7. The van der Waals surface area contributed by atoms with Crippen LogP contribution in [0.1, 0.15) is 43.0 Å². The lowest BCUT2D eigenvalue weighted by atomic mass is 9.76. The van der Waals surface area contributed by atoms with Crippen molar-refractivity contribution >= 4 is 17.6 Å². The molecule has 1 fully saturated rings. The molecule has 0 bridgehead atoms. The molecule has 2 atom stereocenters. The van der Waals surface area contributed by atoms with Crippen LogP contribution < -0.4 is 11.1 Å². The molecule has 0 spiro atoms. The Hall–Kier alpha value is -2.04. The molecule has 0 radical (unpaired) electrons. The first-order chi connectivity index (χ1) is 9.44. The molecular formula is C15H20N2O3. The second-order valence-electron chi connectivity index (χ2n) is 5.62. The van der Waals surface area contributed by atoms with E-state index in [-0.39, 0.29) is 0 Å². The molecular weight excluding hydrogens is 256 g/mol. The summed E-state index contributed by atoms with van der Waals surface area (Å²) in [6.45, 7) is 2.05. The predicted molar refractivity (Wildman–Crippen MR) is 76.6 cm³/mol. The monoisotopic (exact) mass is 276 g/mol. The van der Waals surface area contributed by atoms with Crippen LogP contribution >= 0.6 is 0 Å². The second-order valence-corrected chi connectivity index (χ2v) is 5.62. The summed E-state index contributed by atoms with van der Waals surface area (Å²) in [6.07, 6.45) is 3.00. The molecule has 1 aliphatic rings. The van der Waals surface area contributed by atoms with Gasteiger partial charge in [-0.15, -0.1) is 0 Å². The van der Waals surface area contributed by atoms with Crippen LogP contribution in [0, 0.1) is 5.92 Å². The third kappa shape index (κ3) is 2.76. The molecule has 108 valence electrons. The molecule has 1 saturated carbocycles. The van der Waals surface area contributed by atoms with E-state index in [2.05, 4.69) is 12.2 Å². The lowest BCUT2D eigenvalue weighted by Gasteiger charge is -2.38. The SMILES string of the molecule is CC1CCCC(Nc2ccccc2C(N)=O)(C(=O)O)C1. The van der Waals surface area contributed by atoms with E-state index in [1.54, 1.807) is 24.3 Å². The van der Waals surface area contributed by atoms with E-state index in [4.69, 9.17) is 5.73 Å². The molecule has 0 saturated heterocycles. The minimum atomic E-state index is -1.01. The van der Waals surface area contributed by atoms with Crippen molar-refractivity contribution in [2.45, 2.75) is 38.1 Å². The minimum Gasteiger partial charge on any atom is -0.480 e. The average Bonchev–Trinajstić information content (AvgIpc) is 2.39. The van der Waals surface area contributed by atoms with Crippen LogP contribution in [0.5, 0.6) is 0 Å². The number of carbonyl (C=O) groups is 2. The fourth-order valence-electron chi connectivity index (χ4n) is 2.98. The molecule has 1 aliphatic carbocycles. The Bertz CT molecular complexity index is 530. The molecule has 5 heteroatoms. The van der Waals surface area contributed by atoms with Gasteiger partial charge in [0.1, 0.15) is 5.54 Å². The molecule has 20 heavy (non-hydrogen) atoms. The Kier molecular flexibility index (Phi) is 3.97. The maximum atomic E-state index is 11.7. The zero-order valence-electron chi connectivity index (χ0n) is 11.6. The van der Waals surface area contributed by atoms with Gasteiger partial charge in [0.05, 0.1) is 5.56 Å².